The molecule has 0 bridgehead atoms. The number of aromatic nitrogens is 4. The Morgan fingerprint density at radius 1 is 1.00 bits per heavy atom. The summed E-state index contributed by atoms with van der Waals surface area (Å²) in [6.45, 7) is 3.20. The van der Waals surface area contributed by atoms with E-state index in [4.69, 9.17) is 14.2 Å². The van der Waals surface area contributed by atoms with Crippen molar-refractivity contribution < 1.29 is 14.2 Å². The van der Waals surface area contributed by atoms with Crippen LogP contribution in [0.2, 0.25) is 0 Å². The first-order valence-electron chi connectivity index (χ1n) is 12.2. The Morgan fingerprint density at radius 3 is 2.51 bits per heavy atom. The molecular weight excluding hydrogens is 446 g/mol. The zero-order valence-electron chi connectivity index (χ0n) is 20.6. The van der Waals surface area contributed by atoms with Gasteiger partial charge in [0.2, 0.25) is 11.8 Å². The van der Waals surface area contributed by atoms with Crippen molar-refractivity contribution in [2.75, 3.05) is 62.6 Å². The lowest BCUT2D eigenvalue weighted by molar-refractivity contribution is 0.122. The van der Waals surface area contributed by atoms with Crippen LogP contribution >= 0.6 is 0 Å². The van der Waals surface area contributed by atoms with Gasteiger partial charge in [0.25, 0.3) is 0 Å². The molecule has 10 heteroatoms. The highest BCUT2D eigenvalue weighted by Gasteiger charge is 2.25. The standard InChI is InChI=1S/C25H33N7O3/c1-31(2)25-29-22(16-23(30-25)33-3)28-17-4-6-19(7-5-17)35-21-15-18(32-10-12-34-13-11-32)14-20-24(21)27-9-8-26-20/h8-9,14-17,19H,4-7,10-13H2,1-3H3,(H,28,29,30). The van der Waals surface area contributed by atoms with Crippen LogP contribution in [0.5, 0.6) is 11.6 Å². The van der Waals surface area contributed by atoms with Crippen LogP contribution < -0.4 is 24.6 Å². The average molecular weight is 480 g/mol. The Kier molecular flexibility index (Phi) is 6.98. The van der Waals surface area contributed by atoms with Crippen LogP contribution in [-0.4, -0.2) is 79.6 Å². The Balaban J connectivity index is 1.26. The molecule has 0 unspecified atom stereocenters. The van der Waals surface area contributed by atoms with Gasteiger partial charge in [0.15, 0.2) is 0 Å². The van der Waals surface area contributed by atoms with E-state index in [2.05, 4.69) is 42.3 Å². The summed E-state index contributed by atoms with van der Waals surface area (Å²) < 4.78 is 17.4. The summed E-state index contributed by atoms with van der Waals surface area (Å²) in [6.07, 6.45) is 7.46. The van der Waals surface area contributed by atoms with Crippen molar-refractivity contribution in [3.63, 3.8) is 0 Å². The minimum Gasteiger partial charge on any atom is -0.488 e. The fourth-order valence-corrected chi connectivity index (χ4v) is 4.63. The van der Waals surface area contributed by atoms with Gasteiger partial charge in [-0.1, -0.05) is 0 Å². The summed E-state index contributed by atoms with van der Waals surface area (Å²) >= 11 is 0. The molecule has 0 spiro atoms. The summed E-state index contributed by atoms with van der Waals surface area (Å²) in [7, 11) is 5.46. The molecule has 1 saturated carbocycles. The van der Waals surface area contributed by atoms with E-state index in [1.165, 1.54) is 0 Å². The van der Waals surface area contributed by atoms with E-state index in [9.17, 15) is 0 Å². The van der Waals surface area contributed by atoms with E-state index in [1.807, 2.05) is 25.1 Å². The zero-order chi connectivity index (χ0) is 24.2. The van der Waals surface area contributed by atoms with Crippen LogP contribution in [0, 0.1) is 0 Å². The molecule has 2 aromatic heterocycles. The number of methoxy groups -OCH3 is 1. The molecular formula is C25H33N7O3. The third-order valence-electron chi connectivity index (χ3n) is 6.52. The van der Waals surface area contributed by atoms with Gasteiger partial charge in [-0.2, -0.15) is 9.97 Å². The van der Waals surface area contributed by atoms with Crippen LogP contribution in [0.3, 0.4) is 0 Å². The van der Waals surface area contributed by atoms with Gasteiger partial charge in [-0.3, -0.25) is 4.98 Å². The fourth-order valence-electron chi connectivity index (χ4n) is 4.63. The predicted octanol–water partition coefficient (Wildman–Crippen LogP) is 3.13. The summed E-state index contributed by atoms with van der Waals surface area (Å²) in [4.78, 5) is 22.3. The van der Waals surface area contributed by atoms with Crippen molar-refractivity contribution in [1.82, 2.24) is 19.9 Å². The number of rotatable bonds is 7. The van der Waals surface area contributed by atoms with Gasteiger partial charge in [0, 0.05) is 63.4 Å². The molecule has 0 atom stereocenters. The number of benzene rings is 1. The first-order valence-corrected chi connectivity index (χ1v) is 12.2. The third kappa shape index (κ3) is 5.48. The fraction of sp³-hybridized carbons (Fsp3) is 0.520. The molecule has 0 radical (unpaired) electrons. The molecule has 1 aliphatic carbocycles. The SMILES string of the molecule is COc1cc(NC2CCC(Oc3cc(N4CCOCC4)cc4nccnc34)CC2)nc(N(C)C)n1. The molecule has 3 heterocycles. The molecule has 2 fully saturated rings. The number of fused-ring (bicyclic) bond motifs is 1. The summed E-state index contributed by atoms with van der Waals surface area (Å²) in [5.41, 5.74) is 2.78. The first kappa shape index (κ1) is 23.3. The van der Waals surface area contributed by atoms with E-state index >= 15 is 0 Å². The maximum atomic E-state index is 6.55. The predicted molar refractivity (Wildman–Crippen MR) is 136 cm³/mol. The second kappa shape index (κ2) is 10.5. The third-order valence-corrected chi connectivity index (χ3v) is 6.52. The number of anilines is 3. The van der Waals surface area contributed by atoms with Crippen molar-refractivity contribution in [2.45, 2.75) is 37.8 Å². The van der Waals surface area contributed by atoms with Gasteiger partial charge in [-0.25, -0.2) is 4.98 Å². The topological polar surface area (TPSA) is 97.8 Å². The van der Waals surface area contributed by atoms with E-state index < -0.39 is 0 Å². The maximum absolute atomic E-state index is 6.55. The quantitative estimate of drug-likeness (QED) is 0.544. The Labute approximate surface area is 205 Å². The Morgan fingerprint density at radius 2 is 1.77 bits per heavy atom. The molecule has 186 valence electrons. The molecule has 5 rings (SSSR count). The number of nitrogens with zero attached hydrogens (tertiary/aromatic N) is 6. The van der Waals surface area contributed by atoms with Gasteiger partial charge in [-0.15, -0.1) is 0 Å². The van der Waals surface area contributed by atoms with Crippen molar-refractivity contribution in [3.8, 4) is 11.6 Å². The van der Waals surface area contributed by atoms with Gasteiger partial charge in [0.05, 0.1) is 31.9 Å². The second-order valence-corrected chi connectivity index (χ2v) is 9.19. The molecule has 10 nitrogen and oxygen atoms in total. The van der Waals surface area contributed by atoms with Crippen LogP contribution in [0.1, 0.15) is 25.7 Å². The lowest BCUT2D eigenvalue weighted by Crippen LogP contribution is -2.36. The Bertz CT molecular complexity index is 1150. The van der Waals surface area contributed by atoms with Gasteiger partial charge >= 0.3 is 0 Å². The number of nitrogens with one attached hydrogen (secondary N) is 1. The smallest absolute Gasteiger partial charge is 0.230 e. The van der Waals surface area contributed by atoms with Crippen LogP contribution in [0.25, 0.3) is 11.0 Å². The number of ether oxygens (including phenoxy) is 3. The van der Waals surface area contributed by atoms with Crippen molar-refractivity contribution >= 4 is 28.5 Å². The van der Waals surface area contributed by atoms with Crippen molar-refractivity contribution in [3.05, 3.63) is 30.6 Å². The lowest BCUT2D eigenvalue weighted by Gasteiger charge is -2.31. The summed E-state index contributed by atoms with van der Waals surface area (Å²) in [6, 6.07) is 6.38. The van der Waals surface area contributed by atoms with E-state index in [0.29, 0.717) is 17.9 Å². The molecule has 3 aromatic rings. The van der Waals surface area contributed by atoms with E-state index in [0.717, 1.165) is 80.3 Å². The summed E-state index contributed by atoms with van der Waals surface area (Å²) in [5, 5.41) is 3.56. The molecule has 2 aliphatic rings. The number of hydrogen-bond donors (Lipinski definition) is 1. The highest BCUT2D eigenvalue weighted by molar-refractivity contribution is 5.85. The maximum Gasteiger partial charge on any atom is 0.230 e. The van der Waals surface area contributed by atoms with Crippen molar-refractivity contribution in [1.29, 1.82) is 0 Å². The van der Waals surface area contributed by atoms with Gasteiger partial charge < -0.3 is 29.3 Å². The first-order chi connectivity index (χ1) is 17.1. The number of morpholine rings is 1. The highest BCUT2D eigenvalue weighted by atomic mass is 16.5. The van der Waals surface area contributed by atoms with Crippen LogP contribution in [0.15, 0.2) is 30.6 Å². The second-order valence-electron chi connectivity index (χ2n) is 9.19. The minimum atomic E-state index is 0.135. The molecule has 1 N–H and O–H groups in total. The monoisotopic (exact) mass is 479 g/mol. The molecule has 0 amide bonds. The number of hydrogen-bond acceptors (Lipinski definition) is 10. The van der Waals surface area contributed by atoms with Crippen molar-refractivity contribution in [2.24, 2.45) is 0 Å². The van der Waals surface area contributed by atoms with Gasteiger partial charge in [0.1, 0.15) is 17.1 Å². The normalized spacial score (nSPS) is 20.5. The van der Waals surface area contributed by atoms with E-state index in [-0.39, 0.29) is 6.10 Å². The molecule has 1 aromatic carbocycles. The average Bonchev–Trinajstić information content (AvgIpc) is 2.90. The largest absolute Gasteiger partial charge is 0.488 e. The van der Waals surface area contributed by atoms with E-state index in [1.54, 1.807) is 19.5 Å². The highest BCUT2D eigenvalue weighted by Crippen LogP contribution is 2.33. The Hall–Kier alpha value is -3.40. The molecule has 35 heavy (non-hydrogen) atoms. The zero-order valence-corrected chi connectivity index (χ0v) is 20.6. The van der Waals surface area contributed by atoms with Crippen LogP contribution in [0.4, 0.5) is 17.5 Å². The lowest BCUT2D eigenvalue weighted by atomic mass is 9.93. The molecule has 1 aliphatic heterocycles. The minimum absolute atomic E-state index is 0.135. The summed E-state index contributed by atoms with van der Waals surface area (Å²) in [5.74, 6) is 2.77. The molecule has 1 saturated heterocycles. The van der Waals surface area contributed by atoms with Crippen LogP contribution in [-0.2, 0) is 4.74 Å². The van der Waals surface area contributed by atoms with Gasteiger partial charge in [-0.05, 0) is 31.7 Å².